The summed E-state index contributed by atoms with van der Waals surface area (Å²) in [5.74, 6) is 6.40. The molecule has 21 heavy (non-hydrogen) atoms. The molecule has 0 saturated heterocycles. The van der Waals surface area contributed by atoms with Gasteiger partial charge in [-0.1, -0.05) is 43.9 Å². The summed E-state index contributed by atoms with van der Waals surface area (Å²) in [4.78, 5) is 13.0. The third-order valence-corrected chi connectivity index (χ3v) is 4.87. The van der Waals surface area contributed by atoms with Crippen LogP contribution in [0.3, 0.4) is 0 Å². The molecule has 0 unspecified atom stereocenters. The molecule has 1 aliphatic rings. The minimum Gasteiger partial charge on any atom is -0.384 e. The largest absolute Gasteiger partial charge is 0.384 e. The topological polar surface area (TPSA) is 49.3 Å². The number of rotatable bonds is 5. The van der Waals surface area contributed by atoms with Crippen molar-refractivity contribution in [3.63, 3.8) is 0 Å². The summed E-state index contributed by atoms with van der Waals surface area (Å²) in [7, 11) is 0. The molecular weight excluding hydrogens is 282 g/mol. The third kappa shape index (κ3) is 5.91. The van der Waals surface area contributed by atoms with Gasteiger partial charge >= 0.3 is 0 Å². The van der Waals surface area contributed by atoms with Crippen molar-refractivity contribution in [1.29, 1.82) is 0 Å². The first-order valence-electron chi connectivity index (χ1n) is 7.72. The van der Waals surface area contributed by atoms with Gasteiger partial charge in [0.25, 0.3) is 0 Å². The fraction of sp³-hybridized carbons (Fsp3) is 0.588. The van der Waals surface area contributed by atoms with E-state index in [0.717, 1.165) is 22.8 Å². The predicted molar refractivity (Wildman–Crippen MR) is 85.9 cm³/mol. The molecule has 1 heterocycles. The van der Waals surface area contributed by atoms with Crippen LogP contribution in [-0.2, 0) is 11.3 Å². The second-order valence-corrected chi connectivity index (χ2v) is 6.58. The van der Waals surface area contributed by atoms with Gasteiger partial charge in [0.05, 0.1) is 6.54 Å². The highest BCUT2D eigenvalue weighted by Gasteiger charge is 2.14. The normalized spacial score (nSPS) is 15.3. The van der Waals surface area contributed by atoms with E-state index in [1.165, 1.54) is 32.1 Å². The van der Waals surface area contributed by atoms with Gasteiger partial charge in [0.15, 0.2) is 0 Å². The molecule has 1 saturated carbocycles. The van der Waals surface area contributed by atoms with Crippen molar-refractivity contribution < 1.29 is 9.90 Å². The fourth-order valence-electron chi connectivity index (χ4n) is 2.77. The molecule has 0 radical (unpaired) electrons. The molecule has 3 nitrogen and oxygen atoms in total. The van der Waals surface area contributed by atoms with Crippen molar-refractivity contribution in [2.24, 2.45) is 5.92 Å². The van der Waals surface area contributed by atoms with E-state index in [0.29, 0.717) is 13.0 Å². The van der Waals surface area contributed by atoms with Crippen LogP contribution >= 0.6 is 11.3 Å². The number of hydrogen-bond acceptors (Lipinski definition) is 3. The molecule has 2 rings (SSSR count). The lowest BCUT2D eigenvalue weighted by Crippen LogP contribution is -2.23. The maximum Gasteiger partial charge on any atom is 0.220 e. The number of aliphatic hydroxyl groups is 1. The van der Waals surface area contributed by atoms with Crippen molar-refractivity contribution in [1.82, 2.24) is 5.32 Å². The van der Waals surface area contributed by atoms with Crippen LogP contribution < -0.4 is 5.32 Å². The molecule has 4 heteroatoms. The molecular formula is C17H23NO2S. The zero-order valence-electron chi connectivity index (χ0n) is 12.4. The van der Waals surface area contributed by atoms with Gasteiger partial charge in [-0.3, -0.25) is 4.79 Å². The maximum atomic E-state index is 11.9. The van der Waals surface area contributed by atoms with Gasteiger partial charge in [0.1, 0.15) is 6.61 Å². The lowest BCUT2D eigenvalue weighted by atomic mass is 9.86. The number of aliphatic hydroxyl groups excluding tert-OH is 1. The van der Waals surface area contributed by atoms with E-state index in [1.807, 2.05) is 11.4 Å². The Morgan fingerprint density at radius 2 is 2.19 bits per heavy atom. The van der Waals surface area contributed by atoms with E-state index in [4.69, 9.17) is 5.11 Å². The van der Waals surface area contributed by atoms with Gasteiger partial charge < -0.3 is 10.4 Å². The number of carbonyl (C=O) groups is 1. The van der Waals surface area contributed by atoms with Crippen molar-refractivity contribution >= 4 is 17.2 Å². The summed E-state index contributed by atoms with van der Waals surface area (Å²) in [6, 6.07) is 1.97. The number of amides is 1. The second kappa shape index (κ2) is 8.86. The molecule has 0 atom stereocenters. The molecule has 0 aromatic carbocycles. The summed E-state index contributed by atoms with van der Waals surface area (Å²) >= 11 is 1.59. The molecule has 1 aromatic heterocycles. The van der Waals surface area contributed by atoms with Crippen LogP contribution in [0.4, 0.5) is 0 Å². The van der Waals surface area contributed by atoms with Crippen molar-refractivity contribution in [3.05, 3.63) is 21.9 Å². The number of carbonyl (C=O) groups excluding carboxylic acids is 1. The Hall–Kier alpha value is -1.31. The molecule has 0 aliphatic heterocycles. The Morgan fingerprint density at radius 1 is 1.38 bits per heavy atom. The van der Waals surface area contributed by atoms with Gasteiger partial charge in [0.2, 0.25) is 5.91 Å². The van der Waals surface area contributed by atoms with Gasteiger partial charge in [-0.05, 0) is 18.4 Å². The summed E-state index contributed by atoms with van der Waals surface area (Å²) in [5, 5.41) is 13.6. The van der Waals surface area contributed by atoms with Crippen LogP contribution in [0.2, 0.25) is 0 Å². The molecule has 0 spiro atoms. The van der Waals surface area contributed by atoms with Crippen LogP contribution in [-0.4, -0.2) is 17.6 Å². The first-order chi connectivity index (χ1) is 10.3. The summed E-state index contributed by atoms with van der Waals surface area (Å²) in [6.07, 6.45) is 8.30. The lowest BCUT2D eigenvalue weighted by Gasteiger charge is -2.20. The predicted octanol–water partition coefficient (Wildman–Crippen LogP) is 3.07. The van der Waals surface area contributed by atoms with E-state index in [1.54, 1.807) is 11.3 Å². The Morgan fingerprint density at radius 3 is 2.95 bits per heavy atom. The Balaban J connectivity index is 1.67. The van der Waals surface area contributed by atoms with E-state index in [2.05, 4.69) is 17.2 Å². The van der Waals surface area contributed by atoms with Crippen LogP contribution in [0.5, 0.6) is 0 Å². The van der Waals surface area contributed by atoms with E-state index >= 15 is 0 Å². The van der Waals surface area contributed by atoms with Gasteiger partial charge in [-0.25, -0.2) is 0 Å². The summed E-state index contributed by atoms with van der Waals surface area (Å²) < 4.78 is 0. The zero-order chi connectivity index (χ0) is 14.9. The molecule has 1 fully saturated rings. The molecule has 1 amide bonds. The van der Waals surface area contributed by atoms with Crippen LogP contribution in [0.15, 0.2) is 11.4 Å². The molecule has 2 N–H and O–H groups in total. The third-order valence-electron chi connectivity index (χ3n) is 3.93. The standard InChI is InChI=1S/C17H23NO2S/c19-10-4-7-15-11-16(21-13-15)12-18-17(20)9-8-14-5-2-1-3-6-14/h11,13-14,19H,1-3,5-6,8-10,12H2,(H,18,20). The number of hydrogen-bond donors (Lipinski definition) is 2. The molecule has 1 aliphatic carbocycles. The van der Waals surface area contributed by atoms with Crippen LogP contribution in [0, 0.1) is 17.8 Å². The summed E-state index contributed by atoms with van der Waals surface area (Å²) in [6.45, 7) is 0.456. The van der Waals surface area contributed by atoms with E-state index in [-0.39, 0.29) is 12.5 Å². The Labute approximate surface area is 130 Å². The second-order valence-electron chi connectivity index (χ2n) is 5.58. The smallest absolute Gasteiger partial charge is 0.220 e. The molecule has 1 aromatic rings. The van der Waals surface area contributed by atoms with Gasteiger partial charge in [-0.15, -0.1) is 11.3 Å². The van der Waals surface area contributed by atoms with Crippen molar-refractivity contribution in [2.45, 2.75) is 51.5 Å². The monoisotopic (exact) mass is 305 g/mol. The fourth-order valence-corrected chi connectivity index (χ4v) is 3.52. The lowest BCUT2D eigenvalue weighted by molar-refractivity contribution is -0.121. The minimum atomic E-state index is -0.122. The highest BCUT2D eigenvalue weighted by Crippen LogP contribution is 2.27. The highest BCUT2D eigenvalue weighted by atomic mass is 32.1. The van der Waals surface area contributed by atoms with E-state index < -0.39 is 0 Å². The van der Waals surface area contributed by atoms with Crippen molar-refractivity contribution in [3.8, 4) is 11.8 Å². The Bertz CT molecular complexity index is 506. The highest BCUT2D eigenvalue weighted by molar-refractivity contribution is 7.10. The average molecular weight is 305 g/mol. The van der Waals surface area contributed by atoms with Crippen LogP contribution in [0.1, 0.15) is 55.4 Å². The van der Waals surface area contributed by atoms with E-state index in [9.17, 15) is 4.79 Å². The Kier molecular flexibility index (Phi) is 6.78. The van der Waals surface area contributed by atoms with Gasteiger partial charge in [0, 0.05) is 22.2 Å². The number of thiophene rings is 1. The quantitative estimate of drug-likeness (QED) is 0.821. The summed E-state index contributed by atoms with van der Waals surface area (Å²) in [5.41, 5.74) is 0.903. The van der Waals surface area contributed by atoms with Crippen LogP contribution in [0.25, 0.3) is 0 Å². The average Bonchev–Trinajstić information content (AvgIpc) is 2.98. The molecule has 114 valence electrons. The maximum absolute atomic E-state index is 11.9. The first-order valence-corrected chi connectivity index (χ1v) is 8.59. The SMILES string of the molecule is O=C(CCC1CCCCC1)NCc1cc(C#CCO)cs1. The minimum absolute atomic E-state index is 0.122. The number of nitrogens with one attached hydrogen (secondary N) is 1. The van der Waals surface area contributed by atoms with Crippen molar-refractivity contribution in [2.75, 3.05) is 6.61 Å². The molecule has 0 bridgehead atoms. The zero-order valence-corrected chi connectivity index (χ0v) is 13.2. The first kappa shape index (κ1) is 16.1. The van der Waals surface area contributed by atoms with Gasteiger partial charge in [-0.2, -0.15) is 0 Å².